The number of carbonyl (C=O) groups excluding carboxylic acids is 2. The summed E-state index contributed by atoms with van der Waals surface area (Å²) in [7, 11) is 0. The van der Waals surface area contributed by atoms with Crippen molar-refractivity contribution >= 4 is 33.4 Å². The molecule has 2 aromatic carbocycles. The van der Waals surface area contributed by atoms with Crippen LogP contribution in [0.1, 0.15) is 53.5 Å². The minimum Gasteiger partial charge on any atom is -0.506 e. The maximum absolute atomic E-state index is 12.3. The van der Waals surface area contributed by atoms with Gasteiger partial charge in [0.05, 0.1) is 16.5 Å². The normalized spacial score (nSPS) is 13.8. The summed E-state index contributed by atoms with van der Waals surface area (Å²) >= 11 is 0. The third kappa shape index (κ3) is 2.73. The Morgan fingerprint density at radius 1 is 1.07 bits per heavy atom. The summed E-state index contributed by atoms with van der Waals surface area (Å²) in [6.45, 7) is 9.42. The van der Waals surface area contributed by atoms with Gasteiger partial charge in [0.25, 0.3) is 0 Å². The van der Waals surface area contributed by atoms with Gasteiger partial charge in [-0.15, -0.1) is 0 Å². The van der Waals surface area contributed by atoms with Gasteiger partial charge in [0.1, 0.15) is 5.75 Å². The molecular weight excluding hydrogens is 352 g/mol. The van der Waals surface area contributed by atoms with Crippen molar-refractivity contribution in [1.29, 1.82) is 0 Å². The number of hydrogen-bond acceptors (Lipinski definition) is 4. The van der Waals surface area contributed by atoms with Crippen LogP contribution < -0.4 is 0 Å². The van der Waals surface area contributed by atoms with E-state index in [1.54, 1.807) is 6.07 Å². The van der Waals surface area contributed by atoms with Gasteiger partial charge in [-0.2, -0.15) is 0 Å². The van der Waals surface area contributed by atoms with Crippen LogP contribution in [0.4, 0.5) is 0 Å². The number of phenols is 1. The van der Waals surface area contributed by atoms with Crippen molar-refractivity contribution in [3.05, 3.63) is 41.0 Å². The number of rotatable bonds is 6. The second-order valence-electron chi connectivity index (χ2n) is 7.50. The first-order valence-electron chi connectivity index (χ1n) is 10.0. The van der Waals surface area contributed by atoms with Crippen molar-refractivity contribution in [2.24, 2.45) is 0 Å². The molecule has 0 saturated heterocycles. The van der Waals surface area contributed by atoms with Crippen LogP contribution in [0.3, 0.4) is 0 Å². The van der Waals surface area contributed by atoms with Crippen LogP contribution >= 0.6 is 0 Å². The Balaban J connectivity index is 2.02. The van der Waals surface area contributed by atoms with E-state index >= 15 is 0 Å². The minimum absolute atomic E-state index is 0.0318. The van der Waals surface area contributed by atoms with E-state index in [0.29, 0.717) is 23.8 Å². The highest BCUT2D eigenvalue weighted by molar-refractivity contribution is 6.19. The number of aromatic nitrogens is 1. The number of aryl methyl sites for hydroxylation is 1. The number of likely N-dealkylation sites (N-methyl/N-ethyl adjacent to an activating group) is 1. The summed E-state index contributed by atoms with van der Waals surface area (Å²) in [5, 5.41) is 12.6. The van der Waals surface area contributed by atoms with Crippen molar-refractivity contribution in [3.63, 3.8) is 0 Å². The molecule has 0 atom stereocenters. The number of aromatic hydroxyl groups is 1. The lowest BCUT2D eigenvalue weighted by Gasteiger charge is -2.19. The zero-order valence-electron chi connectivity index (χ0n) is 16.7. The first-order chi connectivity index (χ1) is 13.5. The number of Topliss-reactive ketones (excluding diaryl/α,β-unsaturated/α-hetero) is 2. The maximum Gasteiger partial charge on any atom is 0.163 e. The number of benzene rings is 2. The summed E-state index contributed by atoms with van der Waals surface area (Å²) in [5.41, 5.74) is 4.02. The molecule has 4 rings (SSSR count). The van der Waals surface area contributed by atoms with E-state index in [1.807, 2.05) is 18.2 Å². The van der Waals surface area contributed by atoms with Gasteiger partial charge in [-0.1, -0.05) is 13.8 Å². The molecule has 3 aromatic rings. The standard InChI is InChI=1S/C23H26N2O3/c1-4-24(5-2)12-13-25-18-10-7-16-17(8-11-20(16)27)21(18)22-19(25)9-6-15(14(3)26)23(22)28/h6-7,9-10,28H,4-5,8,11-13H2,1-3H3. The molecule has 146 valence electrons. The predicted octanol–water partition coefficient (Wildman–Crippen LogP) is 4.17. The quantitative estimate of drug-likeness (QED) is 0.654. The van der Waals surface area contributed by atoms with E-state index in [4.69, 9.17) is 0 Å². The molecule has 0 unspecified atom stereocenters. The van der Waals surface area contributed by atoms with E-state index in [9.17, 15) is 14.7 Å². The molecule has 0 saturated carbocycles. The molecule has 0 amide bonds. The van der Waals surface area contributed by atoms with Crippen LogP contribution in [0, 0.1) is 0 Å². The van der Waals surface area contributed by atoms with E-state index in [-0.39, 0.29) is 17.3 Å². The Bertz CT molecular complexity index is 1110. The third-order valence-corrected chi connectivity index (χ3v) is 6.09. The van der Waals surface area contributed by atoms with Crippen molar-refractivity contribution in [2.75, 3.05) is 19.6 Å². The fourth-order valence-electron chi connectivity index (χ4n) is 4.52. The molecule has 1 N–H and O–H groups in total. The van der Waals surface area contributed by atoms with Crippen LogP contribution in [0.2, 0.25) is 0 Å². The average Bonchev–Trinajstić information content (AvgIpc) is 3.21. The number of carbonyl (C=O) groups is 2. The van der Waals surface area contributed by atoms with Crippen LogP contribution in [0.25, 0.3) is 21.8 Å². The zero-order valence-corrected chi connectivity index (χ0v) is 16.7. The van der Waals surface area contributed by atoms with Crippen molar-refractivity contribution < 1.29 is 14.7 Å². The fraction of sp³-hybridized carbons (Fsp3) is 0.391. The van der Waals surface area contributed by atoms with E-state index in [2.05, 4.69) is 23.3 Å². The van der Waals surface area contributed by atoms with Gasteiger partial charge in [-0.25, -0.2) is 0 Å². The first kappa shape index (κ1) is 18.7. The second-order valence-corrected chi connectivity index (χ2v) is 7.50. The molecular formula is C23H26N2O3. The summed E-state index contributed by atoms with van der Waals surface area (Å²) in [4.78, 5) is 26.6. The Kier molecular flexibility index (Phi) is 4.71. The van der Waals surface area contributed by atoms with Crippen LogP contribution in [-0.2, 0) is 13.0 Å². The van der Waals surface area contributed by atoms with Crippen molar-refractivity contribution in [1.82, 2.24) is 9.47 Å². The van der Waals surface area contributed by atoms with Gasteiger partial charge in [0.15, 0.2) is 11.6 Å². The van der Waals surface area contributed by atoms with Crippen LogP contribution in [0.15, 0.2) is 24.3 Å². The smallest absolute Gasteiger partial charge is 0.163 e. The van der Waals surface area contributed by atoms with Crippen molar-refractivity contribution in [3.8, 4) is 5.75 Å². The van der Waals surface area contributed by atoms with Gasteiger partial charge in [-0.05, 0) is 56.3 Å². The lowest BCUT2D eigenvalue weighted by atomic mass is 10.00. The average molecular weight is 378 g/mol. The molecule has 28 heavy (non-hydrogen) atoms. The lowest BCUT2D eigenvalue weighted by molar-refractivity contribution is 0.0991. The molecule has 1 aliphatic carbocycles. The predicted molar refractivity (Wildman–Crippen MR) is 112 cm³/mol. The largest absolute Gasteiger partial charge is 0.506 e. The maximum atomic E-state index is 12.3. The Morgan fingerprint density at radius 2 is 1.75 bits per heavy atom. The number of ketones is 2. The molecule has 0 spiro atoms. The molecule has 5 nitrogen and oxygen atoms in total. The number of nitrogens with zero attached hydrogens (tertiary/aromatic N) is 2. The molecule has 1 aromatic heterocycles. The number of fused-ring (bicyclic) bond motifs is 5. The second kappa shape index (κ2) is 7.06. The number of phenolic OH excluding ortho intramolecular Hbond substituents is 1. The van der Waals surface area contributed by atoms with Gasteiger partial charge >= 0.3 is 0 Å². The van der Waals surface area contributed by atoms with E-state index in [1.165, 1.54) is 6.92 Å². The number of hydrogen-bond donors (Lipinski definition) is 1. The summed E-state index contributed by atoms with van der Waals surface area (Å²) in [6, 6.07) is 7.55. The molecule has 0 aliphatic heterocycles. The first-order valence-corrected chi connectivity index (χ1v) is 10.0. The van der Waals surface area contributed by atoms with Crippen LogP contribution in [-0.4, -0.2) is 45.8 Å². The highest BCUT2D eigenvalue weighted by atomic mass is 16.3. The summed E-state index contributed by atoms with van der Waals surface area (Å²) in [6.07, 6.45) is 1.19. The highest BCUT2D eigenvalue weighted by Gasteiger charge is 2.27. The Labute approximate surface area is 164 Å². The Hall–Kier alpha value is -2.66. The van der Waals surface area contributed by atoms with Gasteiger partial charge < -0.3 is 14.6 Å². The zero-order chi connectivity index (χ0) is 20.0. The monoisotopic (exact) mass is 378 g/mol. The molecule has 0 bridgehead atoms. The molecule has 0 radical (unpaired) electrons. The molecule has 1 aliphatic rings. The van der Waals surface area contributed by atoms with E-state index in [0.717, 1.165) is 53.7 Å². The SMILES string of the molecule is CCN(CC)CCn1c2ccc(C(C)=O)c(O)c2c2c3c(ccc21)C(=O)CC3. The minimum atomic E-state index is -0.160. The fourth-order valence-corrected chi connectivity index (χ4v) is 4.52. The van der Waals surface area contributed by atoms with Gasteiger partial charge in [0, 0.05) is 36.0 Å². The van der Waals surface area contributed by atoms with Gasteiger partial charge in [-0.3, -0.25) is 9.59 Å². The Morgan fingerprint density at radius 3 is 2.43 bits per heavy atom. The summed E-state index contributed by atoms with van der Waals surface area (Å²) < 4.78 is 2.22. The van der Waals surface area contributed by atoms with E-state index < -0.39 is 0 Å². The lowest BCUT2D eigenvalue weighted by Crippen LogP contribution is -2.26. The molecule has 1 heterocycles. The highest BCUT2D eigenvalue weighted by Crippen LogP contribution is 2.42. The topological polar surface area (TPSA) is 62.5 Å². The van der Waals surface area contributed by atoms with Crippen molar-refractivity contribution in [2.45, 2.75) is 40.2 Å². The third-order valence-electron chi connectivity index (χ3n) is 6.09. The summed E-state index contributed by atoms with van der Waals surface area (Å²) in [5.74, 6) is 0.0274. The van der Waals surface area contributed by atoms with Gasteiger partial charge in [0.2, 0.25) is 0 Å². The molecule has 0 fully saturated rings. The van der Waals surface area contributed by atoms with Crippen LogP contribution in [0.5, 0.6) is 5.75 Å². The molecule has 5 heteroatoms.